The second kappa shape index (κ2) is 12.0. The maximum atomic E-state index is 12.9. The lowest BCUT2D eigenvalue weighted by molar-refractivity contribution is -0.127. The number of carbonyl (C=O) groups excluding carboxylic acids is 3. The van der Waals surface area contributed by atoms with Crippen LogP contribution in [0.3, 0.4) is 0 Å². The van der Waals surface area contributed by atoms with Crippen LogP contribution in [0.5, 0.6) is 17.2 Å². The van der Waals surface area contributed by atoms with Crippen LogP contribution in [0, 0.1) is 11.3 Å². The molecule has 2 N–H and O–H groups in total. The fourth-order valence-corrected chi connectivity index (χ4v) is 4.11. The first-order valence-electron chi connectivity index (χ1n) is 11.6. The van der Waals surface area contributed by atoms with Crippen LogP contribution in [-0.2, 0) is 16.2 Å². The molecule has 0 spiro atoms. The number of imide groups is 1. The Labute approximate surface area is 229 Å². The minimum atomic E-state index is -0.740. The van der Waals surface area contributed by atoms with Crippen molar-refractivity contribution in [2.45, 2.75) is 6.61 Å². The van der Waals surface area contributed by atoms with Gasteiger partial charge in [0.1, 0.15) is 24.6 Å². The van der Waals surface area contributed by atoms with Gasteiger partial charge in [-0.25, -0.2) is 9.69 Å². The number of carbonyl (C=O) groups is 3. The number of anilines is 1. The number of rotatable bonds is 9. The van der Waals surface area contributed by atoms with Crippen molar-refractivity contribution < 1.29 is 28.6 Å². The van der Waals surface area contributed by atoms with Crippen molar-refractivity contribution in [1.29, 1.82) is 5.26 Å². The summed E-state index contributed by atoms with van der Waals surface area (Å²) in [5.41, 5.74) is 1.97. The normalized spacial score (nSPS) is 13.6. The van der Waals surface area contributed by atoms with E-state index in [2.05, 4.69) is 16.7 Å². The Hall–Kier alpha value is -5.01. The number of nitriles is 1. The summed E-state index contributed by atoms with van der Waals surface area (Å²) in [5.74, 6) is -0.276. The van der Waals surface area contributed by atoms with Gasteiger partial charge in [0.2, 0.25) is 5.91 Å². The average Bonchev–Trinajstić information content (AvgIpc) is 3.19. The van der Waals surface area contributed by atoms with Crippen LogP contribution in [0.15, 0.2) is 66.4 Å². The van der Waals surface area contributed by atoms with Crippen LogP contribution in [0.2, 0.25) is 5.02 Å². The summed E-state index contributed by atoms with van der Waals surface area (Å²) in [6.45, 7) is -0.415. The van der Waals surface area contributed by atoms with E-state index in [9.17, 15) is 19.6 Å². The van der Waals surface area contributed by atoms with Crippen molar-refractivity contribution in [2.75, 3.05) is 26.1 Å². The molecule has 1 aliphatic rings. The predicted molar refractivity (Wildman–Crippen MR) is 143 cm³/mol. The van der Waals surface area contributed by atoms with Crippen LogP contribution in [0.25, 0.3) is 6.08 Å². The lowest BCUT2D eigenvalue weighted by Crippen LogP contribution is -2.38. The third-order valence-electron chi connectivity index (χ3n) is 5.72. The topological polar surface area (TPSA) is 130 Å². The second-order valence-corrected chi connectivity index (χ2v) is 8.63. The molecule has 1 fully saturated rings. The van der Waals surface area contributed by atoms with Gasteiger partial charge in [-0.3, -0.25) is 9.59 Å². The summed E-state index contributed by atoms with van der Waals surface area (Å²) in [6, 6.07) is 18.3. The molecule has 11 heteroatoms. The number of urea groups is 1. The van der Waals surface area contributed by atoms with Gasteiger partial charge in [-0.05, 0) is 42.0 Å². The Morgan fingerprint density at radius 3 is 2.54 bits per heavy atom. The lowest BCUT2D eigenvalue weighted by Gasteiger charge is -2.14. The minimum Gasteiger partial charge on any atom is -0.495 e. The quantitative estimate of drug-likeness (QED) is 0.301. The number of ether oxygens (including phenoxy) is 3. The van der Waals surface area contributed by atoms with E-state index in [4.69, 9.17) is 25.8 Å². The number of hydrogen-bond acceptors (Lipinski definition) is 7. The number of para-hydroxylation sites is 2. The molecule has 3 aromatic carbocycles. The van der Waals surface area contributed by atoms with E-state index < -0.39 is 24.4 Å². The molecule has 0 aliphatic carbocycles. The molecule has 0 saturated carbocycles. The van der Waals surface area contributed by atoms with Crippen molar-refractivity contribution >= 4 is 41.2 Å². The summed E-state index contributed by atoms with van der Waals surface area (Å²) >= 11 is 6.46. The number of methoxy groups -OCH3 is 2. The first-order valence-corrected chi connectivity index (χ1v) is 12.0. The highest BCUT2D eigenvalue weighted by molar-refractivity contribution is 6.32. The van der Waals surface area contributed by atoms with Crippen molar-refractivity contribution in [3.05, 3.63) is 88.1 Å². The van der Waals surface area contributed by atoms with Crippen molar-refractivity contribution in [1.82, 2.24) is 10.2 Å². The first-order chi connectivity index (χ1) is 18.8. The molecule has 0 aromatic heterocycles. The van der Waals surface area contributed by atoms with E-state index in [0.717, 1.165) is 4.90 Å². The number of nitrogens with zero attached hydrogens (tertiary/aromatic N) is 2. The number of amides is 4. The lowest BCUT2D eigenvalue weighted by atomic mass is 10.1. The molecule has 10 nitrogen and oxygen atoms in total. The van der Waals surface area contributed by atoms with Gasteiger partial charge in [-0.1, -0.05) is 41.9 Å². The first kappa shape index (κ1) is 27.0. The highest BCUT2D eigenvalue weighted by atomic mass is 35.5. The number of benzene rings is 3. The number of hydrogen-bond donors (Lipinski definition) is 2. The van der Waals surface area contributed by atoms with Crippen LogP contribution in [0.1, 0.15) is 16.7 Å². The van der Waals surface area contributed by atoms with Gasteiger partial charge in [0, 0.05) is 5.56 Å². The molecule has 1 heterocycles. The highest BCUT2D eigenvalue weighted by Gasteiger charge is 2.35. The van der Waals surface area contributed by atoms with Crippen molar-refractivity contribution in [2.24, 2.45) is 0 Å². The van der Waals surface area contributed by atoms with Crippen LogP contribution < -0.4 is 24.8 Å². The zero-order valence-electron chi connectivity index (χ0n) is 21.0. The maximum absolute atomic E-state index is 12.9. The number of nitrogens with one attached hydrogen (secondary N) is 2. The van der Waals surface area contributed by atoms with Crippen molar-refractivity contribution in [3.8, 4) is 23.3 Å². The highest BCUT2D eigenvalue weighted by Crippen LogP contribution is 2.38. The standard InChI is InChI=1S/C28H23ClN4O6/c1-37-23-10-6-5-9-21(23)31-25(34)15-33-27(35)22(32-28(33)36)12-17-11-20(29)26(24(13-17)38-2)39-16-19-8-4-3-7-18(19)14-30/h3-13H,15-16H2,1-2H3,(H,31,34)(H,32,36)/b22-12+. The van der Waals surface area contributed by atoms with E-state index in [1.807, 2.05) is 0 Å². The SMILES string of the molecule is COc1ccccc1NC(=O)CN1C(=O)N/C(=C/c2cc(Cl)c(OCc3ccccc3C#N)c(OC)c2)C1=O. The van der Waals surface area contributed by atoms with E-state index in [0.29, 0.717) is 28.1 Å². The largest absolute Gasteiger partial charge is 0.495 e. The fourth-order valence-electron chi connectivity index (χ4n) is 3.83. The maximum Gasteiger partial charge on any atom is 0.329 e. The molecule has 0 atom stereocenters. The Morgan fingerprint density at radius 1 is 1.08 bits per heavy atom. The monoisotopic (exact) mass is 546 g/mol. The van der Waals surface area contributed by atoms with Gasteiger partial charge in [0.15, 0.2) is 11.5 Å². The smallest absolute Gasteiger partial charge is 0.329 e. The molecular weight excluding hydrogens is 524 g/mol. The van der Waals surface area contributed by atoms with Crippen molar-refractivity contribution in [3.63, 3.8) is 0 Å². The van der Waals surface area contributed by atoms with Gasteiger partial charge >= 0.3 is 6.03 Å². The van der Waals surface area contributed by atoms with Crippen LogP contribution in [-0.4, -0.2) is 43.5 Å². The predicted octanol–water partition coefficient (Wildman–Crippen LogP) is 4.34. The molecule has 0 radical (unpaired) electrons. The Morgan fingerprint density at radius 2 is 1.79 bits per heavy atom. The average molecular weight is 547 g/mol. The zero-order chi connectivity index (χ0) is 27.9. The fraction of sp³-hybridized carbons (Fsp3) is 0.143. The van der Waals surface area contributed by atoms with E-state index >= 15 is 0 Å². The zero-order valence-corrected chi connectivity index (χ0v) is 21.7. The summed E-state index contributed by atoms with van der Waals surface area (Å²) < 4.78 is 16.5. The van der Waals surface area contributed by atoms with Gasteiger partial charge in [-0.15, -0.1) is 0 Å². The summed E-state index contributed by atoms with van der Waals surface area (Å²) in [4.78, 5) is 38.7. The molecule has 4 rings (SSSR count). The molecule has 3 aromatic rings. The van der Waals surface area contributed by atoms with Gasteiger partial charge in [0.05, 0.1) is 36.6 Å². The second-order valence-electron chi connectivity index (χ2n) is 8.22. The molecule has 198 valence electrons. The van der Waals surface area contributed by atoms with Gasteiger partial charge in [-0.2, -0.15) is 5.26 Å². The molecule has 4 amide bonds. The van der Waals surface area contributed by atoms with Crippen LogP contribution in [0.4, 0.5) is 10.5 Å². The van der Waals surface area contributed by atoms with Crippen LogP contribution >= 0.6 is 11.6 Å². The Kier molecular flexibility index (Phi) is 8.33. The molecule has 1 aliphatic heterocycles. The molecule has 0 bridgehead atoms. The third-order valence-corrected chi connectivity index (χ3v) is 6.00. The summed E-state index contributed by atoms with van der Waals surface area (Å²) in [6.07, 6.45) is 1.42. The Bertz CT molecular complexity index is 1510. The molecule has 1 saturated heterocycles. The van der Waals surface area contributed by atoms with E-state index in [1.165, 1.54) is 20.3 Å². The molecule has 39 heavy (non-hydrogen) atoms. The summed E-state index contributed by atoms with van der Waals surface area (Å²) in [5, 5.41) is 14.6. The van der Waals surface area contributed by atoms with Gasteiger partial charge in [0.25, 0.3) is 5.91 Å². The molecular formula is C28H23ClN4O6. The van der Waals surface area contributed by atoms with Gasteiger partial charge < -0.3 is 24.8 Å². The minimum absolute atomic E-state index is 0.0418. The number of halogens is 1. The summed E-state index contributed by atoms with van der Waals surface area (Å²) in [7, 11) is 2.90. The van der Waals surface area contributed by atoms with E-state index in [-0.39, 0.29) is 28.8 Å². The molecule has 0 unspecified atom stereocenters. The third kappa shape index (κ3) is 6.11. The van der Waals surface area contributed by atoms with E-state index in [1.54, 1.807) is 60.7 Å². The Balaban J connectivity index is 1.48.